The van der Waals surface area contributed by atoms with Crippen molar-refractivity contribution in [2.45, 2.75) is 18.9 Å². The zero-order valence-electron chi connectivity index (χ0n) is 14.1. The first-order valence-corrected chi connectivity index (χ1v) is 6.80. The number of rotatable bonds is 9. The molecule has 2 N–H and O–H groups in total. The Morgan fingerprint density at radius 3 is 2.00 bits per heavy atom. The lowest BCUT2D eigenvalue weighted by Crippen LogP contribution is -2.52. The molecule has 130 valence electrons. The van der Waals surface area contributed by atoms with Crippen LogP contribution in [0.15, 0.2) is 12.1 Å². The van der Waals surface area contributed by atoms with Gasteiger partial charge < -0.3 is 28.8 Å². The van der Waals surface area contributed by atoms with E-state index < -0.39 is 17.9 Å². The summed E-state index contributed by atoms with van der Waals surface area (Å²) in [6.07, 6.45) is 0. The van der Waals surface area contributed by atoms with Crippen molar-refractivity contribution in [2.24, 2.45) is 0 Å². The van der Waals surface area contributed by atoms with E-state index in [-0.39, 0.29) is 0 Å². The van der Waals surface area contributed by atoms with Gasteiger partial charge in [0.05, 0.1) is 26.9 Å². The molecule has 0 bridgehead atoms. The van der Waals surface area contributed by atoms with E-state index >= 15 is 0 Å². The highest BCUT2D eigenvalue weighted by Gasteiger charge is 2.39. The maximum atomic E-state index is 11.2. The van der Waals surface area contributed by atoms with Gasteiger partial charge in [0.25, 0.3) is 5.91 Å². The summed E-state index contributed by atoms with van der Waals surface area (Å²) in [4.78, 5) is 11.2. The average molecular weight is 329 g/mol. The smallest absolute Gasteiger partial charge is 0.320 e. The van der Waals surface area contributed by atoms with Crippen LogP contribution < -0.4 is 19.5 Å². The number of ether oxygens (including phenoxy) is 5. The van der Waals surface area contributed by atoms with Gasteiger partial charge in [0.2, 0.25) is 5.75 Å². The van der Waals surface area contributed by atoms with E-state index in [1.54, 1.807) is 12.1 Å². The Kier molecular flexibility index (Phi) is 6.62. The van der Waals surface area contributed by atoms with E-state index in [9.17, 15) is 4.79 Å². The predicted molar refractivity (Wildman–Crippen MR) is 82.0 cm³/mol. The fourth-order valence-electron chi connectivity index (χ4n) is 2.21. The lowest BCUT2D eigenvalue weighted by atomic mass is 10.1. The summed E-state index contributed by atoms with van der Waals surface area (Å²) in [5.41, 5.74) is 0.413. The Hall–Kier alpha value is -2.03. The van der Waals surface area contributed by atoms with Crippen LogP contribution in [0.25, 0.3) is 0 Å². The fourth-order valence-corrected chi connectivity index (χ4v) is 2.21. The summed E-state index contributed by atoms with van der Waals surface area (Å²) in [5.74, 6) is -1.48. The Morgan fingerprint density at radius 1 is 1.04 bits per heavy atom. The number of carbonyl (C=O) groups is 1. The quantitative estimate of drug-likeness (QED) is 0.652. The third-order valence-electron chi connectivity index (χ3n) is 3.41. The van der Waals surface area contributed by atoms with Crippen LogP contribution in [0.3, 0.4) is 0 Å². The number of nitrogens with one attached hydrogen (secondary N) is 1. The van der Waals surface area contributed by atoms with Gasteiger partial charge in [-0.2, -0.15) is 0 Å². The predicted octanol–water partition coefficient (Wildman–Crippen LogP) is 1.18. The highest BCUT2D eigenvalue weighted by Crippen LogP contribution is 2.44. The van der Waals surface area contributed by atoms with Gasteiger partial charge in [-0.15, -0.1) is 0 Å². The highest BCUT2D eigenvalue weighted by atomic mass is 16.7. The zero-order valence-corrected chi connectivity index (χ0v) is 14.1. The molecule has 0 amide bonds. The molecule has 0 aliphatic carbocycles. The standard InChI is InChI=1S/C15H23NO7/c1-9(14(17)18)16-15(22-5,23-6)10-7-8-11(19-2)13(21-4)12(10)20-3/h7-9,16H,1-6H3,(H,17,18). The third-order valence-corrected chi connectivity index (χ3v) is 3.41. The second kappa shape index (κ2) is 8.00. The third kappa shape index (κ3) is 3.66. The largest absolute Gasteiger partial charge is 0.493 e. The van der Waals surface area contributed by atoms with Crippen LogP contribution in [0.2, 0.25) is 0 Å². The number of methoxy groups -OCH3 is 5. The number of carboxylic acids is 1. The Labute approximate surface area is 135 Å². The second-order valence-corrected chi connectivity index (χ2v) is 4.61. The molecule has 0 aliphatic heterocycles. The van der Waals surface area contributed by atoms with Crippen LogP contribution in [-0.4, -0.2) is 52.7 Å². The van der Waals surface area contributed by atoms with Crippen molar-refractivity contribution in [2.75, 3.05) is 35.5 Å². The minimum atomic E-state index is -1.54. The summed E-state index contributed by atoms with van der Waals surface area (Å²) in [6, 6.07) is 2.36. The van der Waals surface area contributed by atoms with Gasteiger partial charge >= 0.3 is 5.97 Å². The van der Waals surface area contributed by atoms with E-state index in [4.69, 9.17) is 28.8 Å². The molecule has 0 heterocycles. The maximum Gasteiger partial charge on any atom is 0.320 e. The maximum absolute atomic E-state index is 11.2. The molecule has 0 saturated carbocycles. The van der Waals surface area contributed by atoms with Gasteiger partial charge in [0.15, 0.2) is 11.5 Å². The molecule has 0 aromatic heterocycles. The fraction of sp³-hybridized carbons (Fsp3) is 0.533. The first-order chi connectivity index (χ1) is 10.9. The van der Waals surface area contributed by atoms with Crippen LogP contribution in [0.5, 0.6) is 17.2 Å². The molecule has 1 unspecified atom stereocenters. The molecule has 0 radical (unpaired) electrons. The number of aliphatic carboxylic acids is 1. The van der Waals surface area contributed by atoms with Crippen molar-refractivity contribution in [1.82, 2.24) is 5.32 Å². The van der Waals surface area contributed by atoms with Crippen LogP contribution in [0.1, 0.15) is 12.5 Å². The van der Waals surface area contributed by atoms with Crippen molar-refractivity contribution in [3.63, 3.8) is 0 Å². The normalized spacial score (nSPS) is 12.6. The second-order valence-electron chi connectivity index (χ2n) is 4.61. The molecule has 0 fully saturated rings. The van der Waals surface area contributed by atoms with Crippen molar-refractivity contribution < 1.29 is 33.6 Å². The summed E-state index contributed by atoms with van der Waals surface area (Å²) in [7, 11) is 7.21. The molecule has 8 heteroatoms. The summed E-state index contributed by atoms with van der Waals surface area (Å²) >= 11 is 0. The number of hydrogen-bond donors (Lipinski definition) is 2. The van der Waals surface area contributed by atoms with Gasteiger partial charge in [-0.1, -0.05) is 0 Å². The molecular weight excluding hydrogens is 306 g/mol. The molecule has 23 heavy (non-hydrogen) atoms. The highest BCUT2D eigenvalue weighted by molar-refractivity contribution is 5.73. The molecule has 1 aromatic rings. The molecule has 1 atom stereocenters. The van der Waals surface area contributed by atoms with Gasteiger partial charge in [-0.25, -0.2) is 5.32 Å². The first kappa shape index (κ1) is 19.0. The Bertz CT molecular complexity index is 543. The SMILES string of the molecule is COc1ccc(C(NC(C)C(=O)O)(OC)OC)c(OC)c1OC. The average Bonchev–Trinajstić information content (AvgIpc) is 2.57. The molecule has 0 aliphatic rings. The van der Waals surface area contributed by atoms with Gasteiger partial charge in [-0.05, 0) is 19.1 Å². The minimum absolute atomic E-state index is 0.306. The van der Waals surface area contributed by atoms with Crippen LogP contribution in [0.4, 0.5) is 0 Å². The van der Waals surface area contributed by atoms with Crippen molar-refractivity contribution in [3.8, 4) is 17.2 Å². The van der Waals surface area contributed by atoms with Crippen LogP contribution in [0, 0.1) is 0 Å². The van der Waals surface area contributed by atoms with Gasteiger partial charge in [-0.3, -0.25) is 4.79 Å². The monoisotopic (exact) mass is 329 g/mol. The molecule has 1 rings (SSSR count). The van der Waals surface area contributed by atoms with E-state index in [1.165, 1.54) is 42.5 Å². The van der Waals surface area contributed by atoms with Crippen molar-refractivity contribution in [3.05, 3.63) is 17.7 Å². The Balaban J connectivity index is 3.51. The summed E-state index contributed by atoms with van der Waals surface area (Å²) in [5, 5.41) is 11.9. The zero-order chi connectivity index (χ0) is 17.6. The lowest BCUT2D eigenvalue weighted by Gasteiger charge is -2.35. The van der Waals surface area contributed by atoms with E-state index in [2.05, 4.69) is 5.32 Å². The van der Waals surface area contributed by atoms with Crippen LogP contribution in [-0.2, 0) is 20.2 Å². The molecule has 8 nitrogen and oxygen atoms in total. The summed E-state index contributed by atoms with van der Waals surface area (Å²) < 4.78 is 26.8. The van der Waals surface area contributed by atoms with E-state index in [1.807, 2.05) is 0 Å². The lowest BCUT2D eigenvalue weighted by molar-refractivity contribution is -0.243. The van der Waals surface area contributed by atoms with E-state index in [0.29, 0.717) is 22.8 Å². The number of carboxylic acid groups (broad SMARTS) is 1. The summed E-state index contributed by atoms with van der Waals surface area (Å²) in [6.45, 7) is 1.47. The minimum Gasteiger partial charge on any atom is -0.493 e. The topological polar surface area (TPSA) is 95.5 Å². The molecule has 0 spiro atoms. The molecular formula is C15H23NO7. The molecule has 1 aromatic carbocycles. The first-order valence-electron chi connectivity index (χ1n) is 6.80. The molecule has 0 saturated heterocycles. The van der Waals surface area contributed by atoms with Gasteiger partial charge in [0.1, 0.15) is 6.04 Å². The number of benzene rings is 1. The van der Waals surface area contributed by atoms with Gasteiger partial charge in [0, 0.05) is 14.2 Å². The van der Waals surface area contributed by atoms with Crippen LogP contribution >= 0.6 is 0 Å². The van der Waals surface area contributed by atoms with Crippen molar-refractivity contribution in [1.29, 1.82) is 0 Å². The van der Waals surface area contributed by atoms with Crippen molar-refractivity contribution >= 4 is 5.97 Å². The number of hydrogen-bond acceptors (Lipinski definition) is 7. The Morgan fingerprint density at radius 2 is 1.61 bits per heavy atom. The van der Waals surface area contributed by atoms with E-state index in [0.717, 1.165) is 0 Å².